The van der Waals surface area contributed by atoms with Crippen LogP contribution in [0.15, 0.2) is 84.9 Å². The molecule has 0 radical (unpaired) electrons. The molecule has 0 aliphatic rings. The molecule has 8 aromatic rings. The lowest BCUT2D eigenvalue weighted by Gasteiger charge is -2.17. The Bertz CT molecular complexity index is 2080. The van der Waals surface area contributed by atoms with Gasteiger partial charge in [-0.05, 0) is 81.6 Å². The highest BCUT2D eigenvalue weighted by atomic mass is 14.7. The maximum atomic E-state index is 5.08. The monoisotopic (exact) mass is 432 g/mol. The van der Waals surface area contributed by atoms with E-state index in [1.165, 1.54) is 65.0 Å². The van der Waals surface area contributed by atoms with Gasteiger partial charge in [0.1, 0.15) is 0 Å². The Morgan fingerprint density at radius 1 is 0.471 bits per heavy atom. The van der Waals surface area contributed by atoms with E-state index in [1.54, 1.807) is 0 Å². The Labute approximate surface area is 196 Å². The van der Waals surface area contributed by atoms with Crippen LogP contribution in [0.4, 0.5) is 0 Å². The third-order valence-electron chi connectivity index (χ3n) is 7.58. The molecule has 0 atom stereocenters. The molecular weight excluding hydrogens is 412 g/mol. The molecule has 0 aliphatic heterocycles. The third-order valence-corrected chi connectivity index (χ3v) is 7.58. The number of nitrogens with zero attached hydrogens (tertiary/aromatic N) is 2. The minimum atomic E-state index is 1.05. The van der Waals surface area contributed by atoms with Crippen molar-refractivity contribution in [1.82, 2.24) is 9.97 Å². The van der Waals surface area contributed by atoms with Crippen LogP contribution < -0.4 is 0 Å². The van der Waals surface area contributed by atoms with Gasteiger partial charge in [-0.25, -0.2) is 0 Å². The molecule has 0 spiro atoms. The fraction of sp³-hybridized carbons (Fsp3) is 0.0625. The van der Waals surface area contributed by atoms with Crippen LogP contribution in [0.25, 0.3) is 76.0 Å². The summed E-state index contributed by atoms with van der Waals surface area (Å²) in [6.45, 7) is 4.22. The Balaban J connectivity index is 1.57. The average Bonchev–Trinajstić information content (AvgIpc) is 2.86. The van der Waals surface area contributed by atoms with Crippen LogP contribution >= 0.6 is 0 Å². The van der Waals surface area contributed by atoms with E-state index >= 15 is 0 Å². The minimum Gasteiger partial charge on any atom is -0.252 e. The maximum Gasteiger partial charge on any atom is 0.0725 e. The summed E-state index contributed by atoms with van der Waals surface area (Å²) in [7, 11) is 0. The van der Waals surface area contributed by atoms with E-state index in [9.17, 15) is 0 Å². The highest BCUT2D eigenvalue weighted by Gasteiger charge is 2.18. The number of hydrogen-bond acceptors (Lipinski definition) is 2. The van der Waals surface area contributed by atoms with Gasteiger partial charge in [0.2, 0.25) is 0 Å². The van der Waals surface area contributed by atoms with Crippen LogP contribution in [0, 0.1) is 13.8 Å². The van der Waals surface area contributed by atoms with E-state index < -0.39 is 0 Å². The van der Waals surface area contributed by atoms with Crippen molar-refractivity contribution in [3.63, 3.8) is 0 Å². The van der Waals surface area contributed by atoms with Crippen LogP contribution in [0.3, 0.4) is 0 Å². The molecule has 2 heterocycles. The summed E-state index contributed by atoms with van der Waals surface area (Å²) >= 11 is 0. The second-order valence-electron chi connectivity index (χ2n) is 9.48. The molecule has 0 saturated heterocycles. The highest BCUT2D eigenvalue weighted by molar-refractivity contribution is 6.27. The summed E-state index contributed by atoms with van der Waals surface area (Å²) in [5.41, 5.74) is 6.65. The van der Waals surface area contributed by atoms with Gasteiger partial charge in [0, 0.05) is 32.9 Å². The van der Waals surface area contributed by atoms with Gasteiger partial charge < -0.3 is 0 Å². The first kappa shape index (κ1) is 18.2. The van der Waals surface area contributed by atoms with Crippen LogP contribution in [0.2, 0.25) is 0 Å². The van der Waals surface area contributed by atoms with E-state index in [0.717, 1.165) is 22.4 Å². The molecule has 2 nitrogen and oxygen atoms in total. The summed E-state index contributed by atoms with van der Waals surface area (Å²) in [6, 6.07) is 31.1. The largest absolute Gasteiger partial charge is 0.252 e. The van der Waals surface area contributed by atoms with Gasteiger partial charge in [-0.15, -0.1) is 0 Å². The average molecular weight is 433 g/mol. The van der Waals surface area contributed by atoms with E-state index in [4.69, 9.17) is 9.97 Å². The zero-order valence-electron chi connectivity index (χ0n) is 19.0. The van der Waals surface area contributed by atoms with Crippen molar-refractivity contribution in [1.29, 1.82) is 0 Å². The molecular formula is C32H20N2. The Hall–Kier alpha value is -4.30. The Kier molecular flexibility index (Phi) is 3.30. The topological polar surface area (TPSA) is 25.8 Å². The number of aryl methyl sites for hydroxylation is 2. The molecule has 158 valence electrons. The number of hydrogen-bond donors (Lipinski definition) is 0. The molecule has 6 aromatic carbocycles. The van der Waals surface area contributed by atoms with E-state index in [-0.39, 0.29) is 0 Å². The van der Waals surface area contributed by atoms with Crippen LogP contribution in [0.5, 0.6) is 0 Å². The normalized spacial score (nSPS) is 12.4. The first-order valence-electron chi connectivity index (χ1n) is 11.8. The highest BCUT2D eigenvalue weighted by Crippen LogP contribution is 2.43. The third kappa shape index (κ3) is 2.20. The van der Waals surface area contributed by atoms with Crippen molar-refractivity contribution in [3.05, 3.63) is 96.3 Å². The lowest BCUT2D eigenvalue weighted by molar-refractivity contribution is 1.26. The SMILES string of the molecule is Cc1nc2cc(-c3cc4cccc5ccc6cccc3c6c54)cc3c(C)nc4cccc1c4c23. The van der Waals surface area contributed by atoms with Crippen LogP contribution in [-0.2, 0) is 0 Å². The molecule has 0 N–H and O–H groups in total. The molecule has 0 unspecified atom stereocenters. The second-order valence-corrected chi connectivity index (χ2v) is 9.48. The lowest BCUT2D eigenvalue weighted by atomic mass is 9.87. The Morgan fingerprint density at radius 2 is 1.12 bits per heavy atom. The van der Waals surface area contributed by atoms with Crippen LogP contribution in [-0.4, -0.2) is 9.97 Å². The van der Waals surface area contributed by atoms with Gasteiger partial charge in [0.15, 0.2) is 0 Å². The number of pyridine rings is 2. The number of benzene rings is 6. The summed E-state index contributed by atoms with van der Waals surface area (Å²) in [5, 5.41) is 12.7. The zero-order chi connectivity index (χ0) is 22.6. The van der Waals surface area contributed by atoms with Crippen molar-refractivity contribution in [2.24, 2.45) is 0 Å². The molecule has 34 heavy (non-hydrogen) atoms. The second kappa shape index (κ2) is 6.18. The summed E-state index contributed by atoms with van der Waals surface area (Å²) in [6.07, 6.45) is 0. The Morgan fingerprint density at radius 3 is 2.00 bits per heavy atom. The predicted molar refractivity (Wildman–Crippen MR) is 144 cm³/mol. The summed E-state index contributed by atoms with van der Waals surface area (Å²) in [4.78, 5) is 10.1. The van der Waals surface area contributed by atoms with Crippen molar-refractivity contribution in [2.75, 3.05) is 0 Å². The molecule has 2 aromatic heterocycles. The lowest BCUT2D eigenvalue weighted by Crippen LogP contribution is -1.96. The zero-order valence-corrected chi connectivity index (χ0v) is 19.0. The van der Waals surface area contributed by atoms with E-state index in [2.05, 4.69) is 98.8 Å². The first-order chi connectivity index (χ1) is 16.7. The fourth-order valence-corrected chi connectivity index (χ4v) is 6.10. The van der Waals surface area contributed by atoms with Gasteiger partial charge in [-0.2, -0.15) is 0 Å². The molecule has 0 bridgehead atoms. The van der Waals surface area contributed by atoms with Crippen LogP contribution in [0.1, 0.15) is 11.4 Å². The number of rotatable bonds is 1. The van der Waals surface area contributed by atoms with Crippen molar-refractivity contribution >= 4 is 64.9 Å². The summed E-state index contributed by atoms with van der Waals surface area (Å²) < 4.78 is 0. The number of aromatic nitrogens is 2. The summed E-state index contributed by atoms with van der Waals surface area (Å²) in [5.74, 6) is 0. The van der Waals surface area contributed by atoms with Crippen molar-refractivity contribution in [3.8, 4) is 11.1 Å². The van der Waals surface area contributed by atoms with E-state index in [1.807, 2.05) is 0 Å². The predicted octanol–water partition coefficient (Wildman–Crippen LogP) is 8.56. The quantitative estimate of drug-likeness (QED) is 0.243. The molecule has 0 amide bonds. The van der Waals surface area contributed by atoms with Crippen molar-refractivity contribution in [2.45, 2.75) is 13.8 Å². The van der Waals surface area contributed by atoms with Gasteiger partial charge in [0.05, 0.1) is 11.0 Å². The molecule has 8 rings (SSSR count). The molecule has 0 fully saturated rings. The van der Waals surface area contributed by atoms with Gasteiger partial charge in [-0.3, -0.25) is 9.97 Å². The van der Waals surface area contributed by atoms with Crippen molar-refractivity contribution < 1.29 is 0 Å². The smallest absolute Gasteiger partial charge is 0.0725 e. The van der Waals surface area contributed by atoms with Gasteiger partial charge in [-0.1, -0.05) is 60.7 Å². The first-order valence-corrected chi connectivity index (χ1v) is 11.8. The maximum absolute atomic E-state index is 5.08. The molecule has 0 aliphatic carbocycles. The minimum absolute atomic E-state index is 1.05. The molecule has 2 heteroatoms. The van der Waals surface area contributed by atoms with Gasteiger partial charge >= 0.3 is 0 Å². The van der Waals surface area contributed by atoms with Gasteiger partial charge in [0.25, 0.3) is 0 Å². The fourth-order valence-electron chi connectivity index (χ4n) is 6.10. The molecule has 0 saturated carbocycles. The standard InChI is InChI=1S/C32H20N2/c1-17-23-9-5-11-27-31(23)32-25(18(2)33-27)15-22(16-28(32)34-17)26-14-21-8-3-6-19-12-13-20-7-4-10-24(26)30(20)29(19)21/h3-16H,1-2H3. The van der Waals surface area contributed by atoms with E-state index in [0.29, 0.717) is 0 Å².